The first-order valence-electron chi connectivity index (χ1n) is 6.33. The van der Waals surface area contributed by atoms with E-state index in [0.717, 1.165) is 31.7 Å². The molecule has 0 aliphatic carbocycles. The first-order valence-corrected chi connectivity index (χ1v) is 7.08. The third kappa shape index (κ3) is 3.07. The Bertz CT molecular complexity index is 469. The lowest BCUT2D eigenvalue weighted by Crippen LogP contribution is -2.47. The van der Waals surface area contributed by atoms with E-state index < -0.39 is 0 Å². The van der Waals surface area contributed by atoms with Crippen molar-refractivity contribution in [1.82, 2.24) is 4.98 Å². The number of rotatable bonds is 3. The molecule has 1 fully saturated rings. The third-order valence-electron chi connectivity index (χ3n) is 3.60. The molecule has 0 spiro atoms. The van der Waals surface area contributed by atoms with Crippen LogP contribution in [0.3, 0.4) is 0 Å². The van der Waals surface area contributed by atoms with Crippen LogP contribution in [0.15, 0.2) is 6.07 Å². The van der Waals surface area contributed by atoms with Crippen molar-refractivity contribution in [3.05, 3.63) is 16.1 Å². The fourth-order valence-electron chi connectivity index (χ4n) is 2.41. The van der Waals surface area contributed by atoms with Crippen molar-refractivity contribution in [1.29, 1.82) is 0 Å². The molecule has 1 saturated heterocycles. The molecule has 1 aromatic rings. The molecular formula is C13H19Cl2N3O. The van der Waals surface area contributed by atoms with E-state index in [9.17, 15) is 0 Å². The van der Waals surface area contributed by atoms with Crippen LogP contribution in [-0.4, -0.2) is 37.8 Å². The van der Waals surface area contributed by atoms with Crippen molar-refractivity contribution in [3.63, 3.8) is 0 Å². The van der Waals surface area contributed by atoms with Gasteiger partial charge < -0.3 is 15.0 Å². The van der Waals surface area contributed by atoms with Crippen molar-refractivity contribution in [3.8, 4) is 0 Å². The molecule has 1 atom stereocenters. The Labute approximate surface area is 124 Å². The summed E-state index contributed by atoms with van der Waals surface area (Å²) in [6.07, 6.45) is 2.10. The highest BCUT2D eigenvalue weighted by atomic mass is 35.5. The van der Waals surface area contributed by atoms with Crippen molar-refractivity contribution in [2.24, 2.45) is 0 Å². The summed E-state index contributed by atoms with van der Waals surface area (Å²) < 4.78 is 5.60. The van der Waals surface area contributed by atoms with Crippen molar-refractivity contribution in [2.75, 3.05) is 37.5 Å². The summed E-state index contributed by atoms with van der Waals surface area (Å²) in [5.41, 5.74) is -0.150. The van der Waals surface area contributed by atoms with E-state index in [1.807, 2.05) is 0 Å². The van der Waals surface area contributed by atoms with Crippen LogP contribution < -0.4 is 10.2 Å². The molecule has 1 aromatic heterocycles. The van der Waals surface area contributed by atoms with Crippen LogP contribution in [0.25, 0.3) is 0 Å². The Kier molecular flexibility index (Phi) is 4.43. The zero-order chi connectivity index (χ0) is 14.0. The number of nitrogens with one attached hydrogen (secondary N) is 1. The number of ether oxygens (including phenoxy) is 1. The predicted octanol–water partition coefficient (Wildman–Crippen LogP) is 3.44. The summed E-state index contributed by atoms with van der Waals surface area (Å²) in [5.74, 6) is 1.41. The van der Waals surface area contributed by atoms with E-state index in [-0.39, 0.29) is 5.60 Å². The summed E-state index contributed by atoms with van der Waals surface area (Å²) in [4.78, 5) is 6.67. The standard InChI is InChI=1S/C13H19Cl2N3O/c1-13(19-3)5-4-6-18(8-13)12-10(15)7-9(14)11(16-2)17-12/h7H,4-6,8H2,1-3H3,(H,16,17). The second-order valence-electron chi connectivity index (χ2n) is 5.05. The fourth-order valence-corrected chi connectivity index (χ4v) is 2.98. The molecule has 0 radical (unpaired) electrons. The van der Waals surface area contributed by atoms with Crippen LogP contribution in [0.1, 0.15) is 19.8 Å². The highest BCUT2D eigenvalue weighted by Gasteiger charge is 2.32. The SMILES string of the molecule is CNc1nc(N2CCCC(C)(OC)C2)c(Cl)cc1Cl. The largest absolute Gasteiger partial charge is 0.377 e. The van der Waals surface area contributed by atoms with Crippen LogP contribution >= 0.6 is 23.2 Å². The molecule has 19 heavy (non-hydrogen) atoms. The van der Waals surface area contributed by atoms with Gasteiger partial charge in [0.05, 0.1) is 15.6 Å². The minimum Gasteiger partial charge on any atom is -0.377 e. The Balaban J connectivity index is 2.31. The average molecular weight is 304 g/mol. The maximum Gasteiger partial charge on any atom is 0.150 e. The second-order valence-corrected chi connectivity index (χ2v) is 5.87. The van der Waals surface area contributed by atoms with E-state index in [4.69, 9.17) is 27.9 Å². The smallest absolute Gasteiger partial charge is 0.150 e. The second kappa shape index (κ2) is 5.73. The van der Waals surface area contributed by atoms with E-state index in [0.29, 0.717) is 15.9 Å². The van der Waals surface area contributed by atoms with E-state index in [1.54, 1.807) is 20.2 Å². The van der Waals surface area contributed by atoms with Crippen molar-refractivity contribution in [2.45, 2.75) is 25.4 Å². The predicted molar refractivity (Wildman–Crippen MR) is 80.7 cm³/mol. The molecule has 1 aliphatic heterocycles. The average Bonchev–Trinajstić information content (AvgIpc) is 2.39. The molecule has 106 valence electrons. The molecule has 1 N–H and O–H groups in total. The lowest BCUT2D eigenvalue weighted by atomic mass is 9.95. The van der Waals surface area contributed by atoms with Gasteiger partial charge in [0, 0.05) is 27.2 Å². The van der Waals surface area contributed by atoms with Crippen LogP contribution in [0.2, 0.25) is 10.0 Å². The number of hydrogen-bond donors (Lipinski definition) is 1. The molecule has 1 unspecified atom stereocenters. The summed E-state index contributed by atoms with van der Waals surface area (Å²) in [5, 5.41) is 4.08. The number of anilines is 2. The Hall–Kier alpha value is -0.710. The Morgan fingerprint density at radius 2 is 2.16 bits per heavy atom. The molecule has 1 aliphatic rings. The van der Waals surface area contributed by atoms with Gasteiger partial charge in [-0.25, -0.2) is 4.98 Å². The molecule has 2 heterocycles. The normalized spacial score (nSPS) is 23.5. The van der Waals surface area contributed by atoms with E-state index >= 15 is 0 Å². The molecule has 4 nitrogen and oxygen atoms in total. The van der Waals surface area contributed by atoms with Crippen LogP contribution in [0.5, 0.6) is 0 Å². The van der Waals surface area contributed by atoms with Gasteiger partial charge >= 0.3 is 0 Å². The monoisotopic (exact) mass is 303 g/mol. The topological polar surface area (TPSA) is 37.4 Å². The van der Waals surface area contributed by atoms with E-state index in [1.165, 1.54) is 0 Å². The minimum atomic E-state index is -0.150. The number of nitrogens with zero attached hydrogens (tertiary/aromatic N) is 2. The molecular weight excluding hydrogens is 285 g/mol. The quantitative estimate of drug-likeness (QED) is 0.928. The van der Waals surface area contributed by atoms with Crippen LogP contribution in [0, 0.1) is 0 Å². The first kappa shape index (κ1) is 14.7. The zero-order valence-electron chi connectivity index (χ0n) is 11.5. The number of piperidine rings is 1. The van der Waals surface area contributed by atoms with E-state index in [2.05, 4.69) is 22.1 Å². The molecule has 0 aromatic carbocycles. The summed E-state index contributed by atoms with van der Waals surface area (Å²) >= 11 is 12.3. The molecule has 2 rings (SSSR count). The molecule has 0 saturated carbocycles. The molecule has 0 bridgehead atoms. The first-order chi connectivity index (χ1) is 8.99. The van der Waals surface area contributed by atoms with Gasteiger partial charge in [-0.1, -0.05) is 23.2 Å². The van der Waals surface area contributed by atoms with Gasteiger partial charge in [0.2, 0.25) is 0 Å². The number of halogens is 2. The third-order valence-corrected chi connectivity index (χ3v) is 4.17. The fraction of sp³-hybridized carbons (Fsp3) is 0.615. The maximum atomic E-state index is 6.27. The van der Waals surface area contributed by atoms with Gasteiger partial charge in [0.25, 0.3) is 0 Å². The van der Waals surface area contributed by atoms with Crippen LogP contribution in [-0.2, 0) is 4.74 Å². The van der Waals surface area contributed by atoms with Crippen LogP contribution in [0.4, 0.5) is 11.6 Å². The maximum absolute atomic E-state index is 6.27. The summed E-state index contributed by atoms with van der Waals surface area (Å²) in [6.45, 7) is 3.82. The number of hydrogen-bond acceptors (Lipinski definition) is 4. The lowest BCUT2D eigenvalue weighted by molar-refractivity contribution is -0.00480. The number of methoxy groups -OCH3 is 1. The zero-order valence-corrected chi connectivity index (χ0v) is 13.0. The number of aromatic nitrogens is 1. The van der Waals surface area contributed by atoms with Gasteiger partial charge in [-0.15, -0.1) is 0 Å². The van der Waals surface area contributed by atoms with Gasteiger partial charge in [0.15, 0.2) is 0 Å². The molecule has 0 amide bonds. The summed E-state index contributed by atoms with van der Waals surface area (Å²) in [7, 11) is 3.54. The Morgan fingerprint density at radius 1 is 1.42 bits per heavy atom. The Morgan fingerprint density at radius 3 is 2.79 bits per heavy atom. The summed E-state index contributed by atoms with van der Waals surface area (Å²) in [6, 6.07) is 1.73. The van der Waals surface area contributed by atoms with Gasteiger partial charge in [-0.05, 0) is 25.8 Å². The highest BCUT2D eigenvalue weighted by molar-refractivity contribution is 6.37. The highest BCUT2D eigenvalue weighted by Crippen LogP contribution is 2.34. The van der Waals surface area contributed by atoms with Gasteiger partial charge in [0.1, 0.15) is 11.6 Å². The number of pyridine rings is 1. The van der Waals surface area contributed by atoms with Gasteiger partial charge in [-0.2, -0.15) is 0 Å². The van der Waals surface area contributed by atoms with Crippen molar-refractivity contribution >= 4 is 34.8 Å². The van der Waals surface area contributed by atoms with Gasteiger partial charge in [-0.3, -0.25) is 0 Å². The minimum absolute atomic E-state index is 0.150. The van der Waals surface area contributed by atoms with Crippen molar-refractivity contribution < 1.29 is 4.74 Å². The lowest BCUT2D eigenvalue weighted by Gasteiger charge is -2.40. The molecule has 6 heteroatoms.